The van der Waals surface area contributed by atoms with Gasteiger partial charge < -0.3 is 14.2 Å². The summed E-state index contributed by atoms with van der Waals surface area (Å²) in [5.74, 6) is -0.135. The molecule has 0 aromatic heterocycles. The standard InChI is InChI=1S/C10H16O4/c1-12-9(11)6-8-2-3-10(7-8)13-4-5-14-10/h8H,2-7H2,1H3. The molecule has 0 radical (unpaired) electrons. The summed E-state index contributed by atoms with van der Waals surface area (Å²) in [6.45, 7) is 1.37. The van der Waals surface area contributed by atoms with Crippen LogP contribution < -0.4 is 0 Å². The molecule has 2 fully saturated rings. The van der Waals surface area contributed by atoms with Crippen LogP contribution in [-0.2, 0) is 19.0 Å². The minimum atomic E-state index is -0.362. The molecule has 0 aromatic rings. The van der Waals surface area contributed by atoms with Crippen molar-refractivity contribution in [1.82, 2.24) is 0 Å². The van der Waals surface area contributed by atoms with Crippen molar-refractivity contribution in [3.8, 4) is 0 Å². The molecule has 1 atom stereocenters. The second-order valence-electron chi connectivity index (χ2n) is 4.00. The Morgan fingerprint density at radius 1 is 1.50 bits per heavy atom. The van der Waals surface area contributed by atoms with Gasteiger partial charge in [-0.25, -0.2) is 0 Å². The van der Waals surface area contributed by atoms with Gasteiger partial charge in [0.1, 0.15) is 0 Å². The molecular formula is C10H16O4. The van der Waals surface area contributed by atoms with E-state index in [1.165, 1.54) is 7.11 Å². The lowest BCUT2D eigenvalue weighted by Gasteiger charge is -2.21. The van der Waals surface area contributed by atoms with Gasteiger partial charge in [-0.3, -0.25) is 4.79 Å². The summed E-state index contributed by atoms with van der Waals surface area (Å²) in [6.07, 6.45) is 3.23. The molecule has 14 heavy (non-hydrogen) atoms. The van der Waals surface area contributed by atoms with E-state index in [2.05, 4.69) is 4.74 Å². The third-order valence-electron chi connectivity index (χ3n) is 3.03. The second-order valence-corrected chi connectivity index (χ2v) is 4.00. The quantitative estimate of drug-likeness (QED) is 0.626. The highest BCUT2D eigenvalue weighted by Crippen LogP contribution is 2.42. The van der Waals surface area contributed by atoms with Crippen LogP contribution in [0.4, 0.5) is 0 Å². The summed E-state index contributed by atoms with van der Waals surface area (Å²) in [6, 6.07) is 0. The Kier molecular flexibility index (Phi) is 2.74. The summed E-state index contributed by atoms with van der Waals surface area (Å²) in [4.78, 5) is 11.1. The molecule has 0 bridgehead atoms. The van der Waals surface area contributed by atoms with Crippen molar-refractivity contribution < 1.29 is 19.0 Å². The van der Waals surface area contributed by atoms with E-state index >= 15 is 0 Å². The molecule has 0 N–H and O–H groups in total. The topological polar surface area (TPSA) is 44.8 Å². The van der Waals surface area contributed by atoms with Crippen molar-refractivity contribution in [2.45, 2.75) is 31.5 Å². The van der Waals surface area contributed by atoms with Crippen LogP contribution in [0.15, 0.2) is 0 Å². The van der Waals surface area contributed by atoms with Crippen molar-refractivity contribution in [3.63, 3.8) is 0 Å². The van der Waals surface area contributed by atoms with Gasteiger partial charge in [0.25, 0.3) is 0 Å². The summed E-state index contributed by atoms with van der Waals surface area (Å²) >= 11 is 0. The largest absolute Gasteiger partial charge is 0.469 e. The third-order valence-corrected chi connectivity index (χ3v) is 3.03. The van der Waals surface area contributed by atoms with Crippen molar-refractivity contribution >= 4 is 5.97 Å². The van der Waals surface area contributed by atoms with Gasteiger partial charge in [-0.15, -0.1) is 0 Å². The Bertz CT molecular complexity index is 220. The van der Waals surface area contributed by atoms with Gasteiger partial charge >= 0.3 is 5.97 Å². The van der Waals surface area contributed by atoms with Crippen LogP contribution in [0.5, 0.6) is 0 Å². The number of rotatable bonds is 2. The molecule has 80 valence electrons. The average molecular weight is 200 g/mol. The molecule has 1 saturated carbocycles. The fourth-order valence-electron chi connectivity index (χ4n) is 2.32. The predicted molar refractivity (Wildman–Crippen MR) is 48.6 cm³/mol. The van der Waals surface area contributed by atoms with Crippen molar-refractivity contribution in [2.24, 2.45) is 5.92 Å². The van der Waals surface area contributed by atoms with Gasteiger partial charge in [0.05, 0.1) is 20.3 Å². The van der Waals surface area contributed by atoms with Crippen molar-refractivity contribution in [1.29, 1.82) is 0 Å². The fourth-order valence-corrected chi connectivity index (χ4v) is 2.32. The van der Waals surface area contributed by atoms with Gasteiger partial charge in [0, 0.05) is 19.3 Å². The van der Waals surface area contributed by atoms with Crippen molar-refractivity contribution in [2.75, 3.05) is 20.3 Å². The van der Waals surface area contributed by atoms with Gasteiger partial charge in [0.2, 0.25) is 0 Å². The first-order valence-electron chi connectivity index (χ1n) is 5.09. The fraction of sp³-hybridized carbons (Fsp3) is 0.900. The Labute approximate surface area is 83.5 Å². The lowest BCUT2D eigenvalue weighted by molar-refractivity contribution is -0.154. The first-order chi connectivity index (χ1) is 6.74. The number of esters is 1. The van der Waals surface area contributed by atoms with E-state index in [9.17, 15) is 4.79 Å². The molecule has 0 aromatic carbocycles. The lowest BCUT2D eigenvalue weighted by atomic mass is 10.0. The lowest BCUT2D eigenvalue weighted by Crippen LogP contribution is -2.26. The molecule has 0 amide bonds. The van der Waals surface area contributed by atoms with Crippen LogP contribution in [0.25, 0.3) is 0 Å². The summed E-state index contributed by atoms with van der Waals surface area (Å²) in [5, 5.41) is 0. The van der Waals surface area contributed by atoms with E-state index in [-0.39, 0.29) is 11.8 Å². The maximum absolute atomic E-state index is 11.1. The number of hydrogen-bond donors (Lipinski definition) is 0. The Morgan fingerprint density at radius 2 is 2.21 bits per heavy atom. The smallest absolute Gasteiger partial charge is 0.305 e. The van der Waals surface area contributed by atoms with Crippen LogP contribution >= 0.6 is 0 Å². The van der Waals surface area contributed by atoms with Gasteiger partial charge in [-0.1, -0.05) is 0 Å². The number of carbonyl (C=O) groups is 1. The highest BCUT2D eigenvalue weighted by Gasteiger charge is 2.44. The summed E-state index contributed by atoms with van der Waals surface area (Å²) < 4.78 is 15.8. The van der Waals surface area contributed by atoms with Gasteiger partial charge in [0.15, 0.2) is 5.79 Å². The minimum absolute atomic E-state index is 0.134. The highest BCUT2D eigenvalue weighted by molar-refractivity contribution is 5.69. The third kappa shape index (κ3) is 1.91. The Hall–Kier alpha value is -0.610. The number of hydrogen-bond acceptors (Lipinski definition) is 4. The molecule has 1 aliphatic heterocycles. The second kappa shape index (κ2) is 3.87. The van der Waals surface area contributed by atoms with E-state index in [1.54, 1.807) is 0 Å². The maximum Gasteiger partial charge on any atom is 0.305 e. The van der Waals surface area contributed by atoms with Crippen LogP contribution in [0.1, 0.15) is 25.7 Å². The zero-order chi connectivity index (χ0) is 10.0. The van der Waals surface area contributed by atoms with E-state index in [1.807, 2.05) is 0 Å². The van der Waals surface area contributed by atoms with Gasteiger partial charge in [-0.05, 0) is 12.3 Å². The molecule has 1 spiro atoms. The normalized spacial score (nSPS) is 29.6. The molecule has 4 heteroatoms. The first kappa shape index (κ1) is 9.93. The molecule has 4 nitrogen and oxygen atoms in total. The van der Waals surface area contributed by atoms with Crippen molar-refractivity contribution in [3.05, 3.63) is 0 Å². The molecule has 1 heterocycles. The van der Waals surface area contributed by atoms with E-state index in [4.69, 9.17) is 9.47 Å². The van der Waals surface area contributed by atoms with Gasteiger partial charge in [-0.2, -0.15) is 0 Å². The predicted octanol–water partition coefficient (Wildman–Crippen LogP) is 1.09. The average Bonchev–Trinajstić information content (AvgIpc) is 2.78. The van der Waals surface area contributed by atoms with Crippen LogP contribution in [-0.4, -0.2) is 32.1 Å². The Morgan fingerprint density at radius 3 is 2.86 bits per heavy atom. The molecule has 2 rings (SSSR count). The zero-order valence-corrected chi connectivity index (χ0v) is 8.45. The summed E-state index contributed by atoms with van der Waals surface area (Å²) in [7, 11) is 1.43. The molecule has 1 aliphatic carbocycles. The van der Waals surface area contributed by atoms with Crippen LogP contribution in [0.3, 0.4) is 0 Å². The van der Waals surface area contributed by atoms with Crippen LogP contribution in [0, 0.1) is 5.92 Å². The summed E-state index contributed by atoms with van der Waals surface area (Å²) in [5.41, 5.74) is 0. The minimum Gasteiger partial charge on any atom is -0.469 e. The Balaban J connectivity index is 1.85. The SMILES string of the molecule is COC(=O)CC1CCC2(C1)OCCO2. The van der Waals surface area contributed by atoms with E-state index in [0.717, 1.165) is 19.3 Å². The number of carbonyl (C=O) groups excluding carboxylic acids is 1. The maximum atomic E-state index is 11.1. The molecule has 1 unspecified atom stereocenters. The van der Waals surface area contributed by atoms with E-state index < -0.39 is 0 Å². The number of methoxy groups -OCH3 is 1. The van der Waals surface area contributed by atoms with Crippen LogP contribution in [0.2, 0.25) is 0 Å². The highest BCUT2D eigenvalue weighted by atomic mass is 16.7. The zero-order valence-electron chi connectivity index (χ0n) is 8.45. The number of ether oxygens (including phenoxy) is 3. The monoisotopic (exact) mass is 200 g/mol. The molecular weight excluding hydrogens is 184 g/mol. The molecule has 2 aliphatic rings. The van der Waals surface area contributed by atoms with E-state index in [0.29, 0.717) is 25.6 Å². The first-order valence-corrected chi connectivity index (χ1v) is 5.09. The molecule has 1 saturated heterocycles.